The van der Waals surface area contributed by atoms with E-state index in [-0.39, 0.29) is 23.5 Å². The smallest absolute Gasteiger partial charge is 0.345 e. The fourth-order valence-corrected chi connectivity index (χ4v) is 6.83. The molecule has 0 aromatic heterocycles. The van der Waals surface area contributed by atoms with Crippen LogP contribution in [0.3, 0.4) is 0 Å². The first kappa shape index (κ1) is 28.7. The molecular weight excluding hydrogens is 492 g/mol. The fraction of sp³-hybridized carbons (Fsp3) is 0.913. The van der Waals surface area contributed by atoms with E-state index in [4.69, 9.17) is 32.5 Å². The summed E-state index contributed by atoms with van der Waals surface area (Å²) in [5, 5.41) is 11.0. The van der Waals surface area contributed by atoms with E-state index in [2.05, 4.69) is 54.6 Å². The monoisotopic (exact) mass is 534 g/mol. The fourth-order valence-electron chi connectivity index (χ4n) is 4.25. The molecule has 3 aliphatic rings. The van der Waals surface area contributed by atoms with Crippen molar-refractivity contribution in [3.8, 4) is 0 Å². The highest BCUT2D eigenvalue weighted by Crippen LogP contribution is 2.54. The molecule has 3 aliphatic heterocycles. The summed E-state index contributed by atoms with van der Waals surface area (Å²) in [6.45, 7) is 20.1. The lowest BCUT2D eigenvalue weighted by Crippen LogP contribution is -2.70. The molecule has 0 aromatic rings. The van der Waals surface area contributed by atoms with Crippen molar-refractivity contribution in [1.82, 2.24) is 0 Å². The van der Waals surface area contributed by atoms with E-state index in [1.54, 1.807) is 0 Å². The van der Waals surface area contributed by atoms with Gasteiger partial charge in [-0.3, -0.25) is 0 Å². The molecule has 202 valence electrons. The average molecular weight is 535 g/mol. The third kappa shape index (κ3) is 4.33. The summed E-state index contributed by atoms with van der Waals surface area (Å²) in [7, 11) is -3.92. The van der Waals surface area contributed by atoms with E-state index in [9.17, 15) is 14.7 Å². The summed E-state index contributed by atoms with van der Waals surface area (Å²) in [6, 6.07) is 0. The highest BCUT2D eigenvalue weighted by Gasteiger charge is 2.81. The zero-order valence-corrected chi connectivity index (χ0v) is 24.8. The molecule has 6 atom stereocenters. The number of hydrogen-bond donors (Lipinski definition) is 1. The topological polar surface area (TPSA) is 119 Å². The lowest BCUT2D eigenvalue weighted by Gasteiger charge is -2.49. The minimum Gasteiger partial charge on any atom is -0.467 e. The van der Waals surface area contributed by atoms with Crippen LogP contribution >= 0.6 is 0 Å². The Balaban J connectivity index is 2.26. The van der Waals surface area contributed by atoms with Crippen LogP contribution in [0.15, 0.2) is 0 Å². The third-order valence-corrected chi connectivity index (χ3v) is 17.4. The molecule has 3 saturated heterocycles. The van der Waals surface area contributed by atoms with Crippen LogP contribution in [0.25, 0.3) is 0 Å². The van der Waals surface area contributed by atoms with Crippen LogP contribution in [0.4, 0.5) is 0 Å². The van der Waals surface area contributed by atoms with E-state index in [1.165, 1.54) is 7.11 Å². The number of esters is 2. The second-order valence-corrected chi connectivity index (χ2v) is 22.2. The van der Waals surface area contributed by atoms with Gasteiger partial charge < -0.3 is 37.6 Å². The number of hydrogen-bond acceptors (Lipinski definition) is 10. The van der Waals surface area contributed by atoms with Gasteiger partial charge in [0.2, 0.25) is 11.7 Å². The van der Waals surface area contributed by atoms with Crippen molar-refractivity contribution in [3.63, 3.8) is 0 Å². The van der Waals surface area contributed by atoms with Crippen LogP contribution in [-0.4, -0.2) is 90.0 Å². The van der Waals surface area contributed by atoms with Crippen LogP contribution < -0.4 is 0 Å². The SMILES string of the molecule is COC(=O)C1O[C@@H](O)[C@H](O[Si](C)(C)C(C)(C)C)[C@H](O[Si](C)(C)C(C)(C)C)[C@]23COC(=O)[C@]12OCO3. The Hall–Kier alpha value is -0.866. The second kappa shape index (κ2) is 8.86. The van der Waals surface area contributed by atoms with Crippen molar-refractivity contribution in [3.05, 3.63) is 0 Å². The van der Waals surface area contributed by atoms with Gasteiger partial charge in [-0.2, -0.15) is 0 Å². The zero-order valence-electron chi connectivity index (χ0n) is 22.8. The van der Waals surface area contributed by atoms with Crippen LogP contribution in [0.1, 0.15) is 41.5 Å². The summed E-state index contributed by atoms with van der Waals surface area (Å²) in [4.78, 5) is 26.2. The number of methoxy groups -OCH3 is 1. The van der Waals surface area contributed by atoms with Gasteiger partial charge in [0.1, 0.15) is 25.6 Å². The van der Waals surface area contributed by atoms with Gasteiger partial charge in [0, 0.05) is 0 Å². The van der Waals surface area contributed by atoms with Crippen molar-refractivity contribution in [2.75, 3.05) is 20.5 Å². The lowest BCUT2D eigenvalue weighted by atomic mass is 9.76. The summed E-state index contributed by atoms with van der Waals surface area (Å²) in [6.07, 6.45) is -5.38. The van der Waals surface area contributed by atoms with Crippen LogP contribution in [0.5, 0.6) is 0 Å². The lowest BCUT2D eigenvalue weighted by molar-refractivity contribution is -0.229. The normalized spacial score (nSPS) is 36.3. The summed E-state index contributed by atoms with van der Waals surface area (Å²) in [5.74, 6) is -1.72. The van der Waals surface area contributed by atoms with E-state index in [1.807, 2.05) is 13.1 Å². The summed E-state index contributed by atoms with van der Waals surface area (Å²) < 4.78 is 41.9. The number of carbonyl (C=O) groups is 2. The Kier molecular flexibility index (Phi) is 7.27. The molecule has 3 rings (SSSR count). The predicted octanol–water partition coefficient (Wildman–Crippen LogP) is 2.70. The maximum absolute atomic E-state index is 13.3. The first-order valence-corrected chi connectivity index (χ1v) is 17.8. The molecule has 10 nitrogen and oxygen atoms in total. The van der Waals surface area contributed by atoms with Crippen LogP contribution in [0, 0.1) is 0 Å². The molecule has 0 saturated carbocycles. The van der Waals surface area contributed by atoms with Crippen LogP contribution in [0.2, 0.25) is 36.3 Å². The quantitative estimate of drug-likeness (QED) is 0.416. The molecule has 1 unspecified atom stereocenters. The minimum atomic E-state index is -2.57. The van der Waals surface area contributed by atoms with Crippen LogP contribution in [-0.2, 0) is 42.1 Å². The first-order valence-electron chi connectivity index (χ1n) is 12.0. The number of aliphatic hydroxyl groups is 1. The second-order valence-electron chi connectivity index (χ2n) is 12.7. The molecule has 3 fully saturated rings. The Labute approximate surface area is 210 Å². The Bertz CT molecular complexity index is 848. The minimum absolute atomic E-state index is 0.216. The van der Waals surface area contributed by atoms with Gasteiger partial charge in [-0.15, -0.1) is 0 Å². The molecular formula is C23H42O10Si2. The highest BCUT2D eigenvalue weighted by molar-refractivity contribution is 6.74. The third-order valence-electron chi connectivity index (χ3n) is 8.52. The Morgan fingerprint density at radius 3 is 2.06 bits per heavy atom. The van der Waals surface area contributed by atoms with Crippen molar-refractivity contribution >= 4 is 28.6 Å². The van der Waals surface area contributed by atoms with Gasteiger partial charge in [-0.05, 0) is 36.3 Å². The molecule has 0 amide bonds. The first-order chi connectivity index (χ1) is 15.8. The molecule has 12 heteroatoms. The van der Waals surface area contributed by atoms with Gasteiger partial charge in [-0.25, -0.2) is 9.59 Å². The average Bonchev–Trinajstić information content (AvgIpc) is 3.20. The molecule has 0 spiro atoms. The van der Waals surface area contributed by atoms with Crippen molar-refractivity contribution in [2.45, 2.75) is 114 Å². The number of aliphatic hydroxyl groups excluding tert-OH is 1. The largest absolute Gasteiger partial charge is 0.467 e. The summed E-state index contributed by atoms with van der Waals surface area (Å²) >= 11 is 0. The van der Waals surface area contributed by atoms with Gasteiger partial charge >= 0.3 is 11.9 Å². The predicted molar refractivity (Wildman–Crippen MR) is 130 cm³/mol. The maximum Gasteiger partial charge on any atom is 0.345 e. The van der Waals surface area contributed by atoms with E-state index in [0.717, 1.165) is 0 Å². The number of rotatable bonds is 5. The van der Waals surface area contributed by atoms with Gasteiger partial charge in [-0.1, -0.05) is 41.5 Å². The standard InChI is InChI=1S/C23H42O10Si2/c1-20(2,3)34(8,9)32-14-15(33-35(10,11)21(4,5)6)22-12-28-19(26)23(22,30-13-29-22)16(18(25)27-7)31-17(14)24/h14-17,24H,12-13H2,1-11H3/t14-,15+,16?,17-,22-,23-/m1/s1. The Morgan fingerprint density at radius 2 is 1.54 bits per heavy atom. The van der Waals surface area contributed by atoms with Crippen molar-refractivity contribution in [1.29, 1.82) is 0 Å². The van der Waals surface area contributed by atoms with E-state index in [0.29, 0.717) is 0 Å². The zero-order chi connectivity index (χ0) is 26.8. The maximum atomic E-state index is 13.3. The highest BCUT2D eigenvalue weighted by atomic mass is 28.4. The molecule has 3 heterocycles. The van der Waals surface area contributed by atoms with E-state index < -0.39 is 64.4 Å². The number of cyclic esters (lactones) is 1. The van der Waals surface area contributed by atoms with Crippen molar-refractivity contribution in [2.24, 2.45) is 0 Å². The van der Waals surface area contributed by atoms with Gasteiger partial charge in [0.05, 0.1) is 7.11 Å². The summed E-state index contributed by atoms with van der Waals surface area (Å²) in [5.41, 5.74) is -3.61. The van der Waals surface area contributed by atoms with E-state index >= 15 is 0 Å². The molecule has 1 N–H and O–H groups in total. The molecule has 0 radical (unpaired) electrons. The Morgan fingerprint density at radius 1 is 1.00 bits per heavy atom. The number of ether oxygens (including phenoxy) is 5. The van der Waals surface area contributed by atoms with Crippen molar-refractivity contribution < 1.29 is 47.2 Å². The molecule has 0 aromatic carbocycles. The van der Waals surface area contributed by atoms with Gasteiger partial charge in [0.15, 0.2) is 28.5 Å². The molecule has 0 aliphatic carbocycles. The molecule has 35 heavy (non-hydrogen) atoms. The molecule has 0 bridgehead atoms. The van der Waals surface area contributed by atoms with Gasteiger partial charge in [0.25, 0.3) is 0 Å². The number of carbonyl (C=O) groups excluding carboxylic acids is 2.